The van der Waals surface area contributed by atoms with Gasteiger partial charge in [-0.25, -0.2) is 0 Å². The van der Waals surface area contributed by atoms with Gasteiger partial charge in [0.25, 0.3) is 0 Å². The van der Waals surface area contributed by atoms with Crippen LogP contribution in [-0.4, -0.2) is 59.2 Å². The van der Waals surface area contributed by atoms with Crippen LogP contribution in [0.3, 0.4) is 0 Å². The summed E-state index contributed by atoms with van der Waals surface area (Å²) in [6.45, 7) is 8.12. The number of rotatable bonds is 7. The van der Waals surface area contributed by atoms with Crippen molar-refractivity contribution in [1.29, 1.82) is 5.26 Å². The van der Waals surface area contributed by atoms with Crippen LogP contribution in [0.1, 0.15) is 26.1 Å². The van der Waals surface area contributed by atoms with Crippen molar-refractivity contribution in [3.8, 4) is 11.8 Å². The van der Waals surface area contributed by atoms with Crippen LogP contribution in [0.4, 0.5) is 17.6 Å². The van der Waals surface area contributed by atoms with E-state index in [0.29, 0.717) is 23.7 Å². The van der Waals surface area contributed by atoms with Gasteiger partial charge < -0.3 is 15.0 Å². The molecule has 1 atom stereocenters. The molecule has 1 aromatic heterocycles. The fourth-order valence-electron chi connectivity index (χ4n) is 3.44. The van der Waals surface area contributed by atoms with E-state index >= 15 is 0 Å². The van der Waals surface area contributed by atoms with Gasteiger partial charge in [-0.05, 0) is 31.6 Å². The van der Waals surface area contributed by atoms with Crippen LogP contribution in [0.25, 0.3) is 0 Å². The van der Waals surface area contributed by atoms with Crippen molar-refractivity contribution in [2.24, 2.45) is 0 Å². The molecule has 1 unspecified atom stereocenters. The van der Waals surface area contributed by atoms with Crippen LogP contribution >= 0.6 is 0 Å². The van der Waals surface area contributed by atoms with Gasteiger partial charge >= 0.3 is 0 Å². The summed E-state index contributed by atoms with van der Waals surface area (Å²) in [6, 6.07) is 10.0. The van der Waals surface area contributed by atoms with Crippen molar-refractivity contribution in [2.45, 2.75) is 26.3 Å². The Kier molecular flexibility index (Phi) is 6.04. The molecular formula is C19H25N7O. The Morgan fingerprint density at radius 3 is 2.74 bits per heavy atom. The van der Waals surface area contributed by atoms with Gasteiger partial charge in [-0.3, -0.25) is 4.90 Å². The lowest BCUT2D eigenvalue weighted by Gasteiger charge is -2.26. The van der Waals surface area contributed by atoms with E-state index in [4.69, 9.17) is 4.74 Å². The summed E-state index contributed by atoms with van der Waals surface area (Å²) in [7, 11) is 1.61. The lowest BCUT2D eigenvalue weighted by atomic mass is 10.2. The van der Waals surface area contributed by atoms with E-state index in [9.17, 15) is 5.26 Å². The van der Waals surface area contributed by atoms with Crippen LogP contribution < -0.4 is 15.0 Å². The number of hydrogen-bond acceptors (Lipinski definition) is 8. The molecule has 0 spiro atoms. The molecule has 0 aliphatic carbocycles. The first-order valence-corrected chi connectivity index (χ1v) is 9.23. The van der Waals surface area contributed by atoms with Gasteiger partial charge in [0.2, 0.25) is 17.7 Å². The fraction of sp³-hybridized carbons (Fsp3) is 0.474. The van der Waals surface area contributed by atoms with Crippen molar-refractivity contribution in [1.82, 2.24) is 19.9 Å². The van der Waals surface area contributed by atoms with Gasteiger partial charge in [-0.2, -0.15) is 20.2 Å². The van der Waals surface area contributed by atoms with Crippen molar-refractivity contribution < 1.29 is 4.74 Å². The Morgan fingerprint density at radius 2 is 2.04 bits per heavy atom. The summed E-state index contributed by atoms with van der Waals surface area (Å²) in [5.41, 5.74) is 0.739. The Bertz CT molecular complexity index is 816. The molecule has 1 aliphatic rings. The van der Waals surface area contributed by atoms with E-state index in [1.54, 1.807) is 7.11 Å². The highest BCUT2D eigenvalue weighted by Gasteiger charge is 2.28. The van der Waals surface area contributed by atoms with E-state index < -0.39 is 0 Å². The minimum atomic E-state index is 0.101. The molecular weight excluding hydrogens is 342 g/mol. The predicted molar refractivity (Wildman–Crippen MR) is 104 cm³/mol. The highest BCUT2D eigenvalue weighted by atomic mass is 16.5. The number of likely N-dealkylation sites (N-methyl/N-ethyl adjacent to an activating group) is 1. The van der Waals surface area contributed by atoms with Gasteiger partial charge in [0.05, 0.1) is 12.8 Å². The number of methoxy groups -OCH3 is 1. The molecule has 0 amide bonds. The first kappa shape index (κ1) is 18.9. The van der Waals surface area contributed by atoms with Gasteiger partial charge in [-0.15, -0.1) is 0 Å². The summed E-state index contributed by atoms with van der Waals surface area (Å²) in [6.07, 6.45) is 1.06. The zero-order valence-corrected chi connectivity index (χ0v) is 16.0. The summed E-state index contributed by atoms with van der Waals surface area (Å²) >= 11 is 0. The van der Waals surface area contributed by atoms with Crippen molar-refractivity contribution in [3.63, 3.8) is 0 Å². The number of nitriles is 1. The minimum Gasteiger partial charge on any atom is -0.495 e. The van der Waals surface area contributed by atoms with E-state index in [-0.39, 0.29) is 5.82 Å². The monoisotopic (exact) mass is 367 g/mol. The molecule has 0 saturated carbocycles. The number of nitrogens with one attached hydrogen (secondary N) is 1. The fourth-order valence-corrected chi connectivity index (χ4v) is 3.44. The number of benzene rings is 1. The SMILES string of the molecule is CCN(CC)C1CCN(c2nc(C#N)nc(Nc3ccccc3OC)n2)C1. The van der Waals surface area contributed by atoms with Gasteiger partial charge in [0.15, 0.2) is 0 Å². The number of ether oxygens (including phenoxy) is 1. The summed E-state index contributed by atoms with van der Waals surface area (Å²) < 4.78 is 5.35. The van der Waals surface area contributed by atoms with E-state index in [1.165, 1.54) is 0 Å². The lowest BCUT2D eigenvalue weighted by molar-refractivity contribution is 0.232. The van der Waals surface area contributed by atoms with Gasteiger partial charge in [-0.1, -0.05) is 26.0 Å². The molecule has 1 saturated heterocycles. The Morgan fingerprint density at radius 1 is 1.26 bits per heavy atom. The summed E-state index contributed by atoms with van der Waals surface area (Å²) in [5, 5.41) is 12.5. The third kappa shape index (κ3) is 4.26. The topological polar surface area (TPSA) is 90.2 Å². The van der Waals surface area contributed by atoms with Crippen LogP contribution in [0.5, 0.6) is 5.75 Å². The zero-order chi connectivity index (χ0) is 19.2. The molecule has 1 fully saturated rings. The third-order valence-electron chi connectivity index (χ3n) is 4.85. The maximum Gasteiger partial charge on any atom is 0.238 e. The van der Waals surface area contributed by atoms with Crippen LogP contribution in [0.15, 0.2) is 24.3 Å². The molecule has 2 heterocycles. The normalized spacial score (nSPS) is 16.4. The molecule has 1 N–H and O–H groups in total. The minimum absolute atomic E-state index is 0.101. The number of hydrogen-bond donors (Lipinski definition) is 1. The lowest BCUT2D eigenvalue weighted by Crippen LogP contribution is -2.37. The Hall–Kier alpha value is -2.92. The molecule has 0 bridgehead atoms. The highest BCUT2D eigenvalue weighted by Crippen LogP contribution is 2.27. The first-order valence-electron chi connectivity index (χ1n) is 9.23. The van der Waals surface area contributed by atoms with Crippen molar-refractivity contribution in [3.05, 3.63) is 30.1 Å². The zero-order valence-electron chi connectivity index (χ0n) is 16.0. The van der Waals surface area contributed by atoms with Gasteiger partial charge in [0, 0.05) is 19.1 Å². The Labute approximate surface area is 159 Å². The number of aromatic nitrogens is 3. The average Bonchev–Trinajstić information content (AvgIpc) is 3.19. The Balaban J connectivity index is 1.83. The second kappa shape index (κ2) is 8.64. The van der Waals surface area contributed by atoms with Crippen LogP contribution in [0, 0.1) is 11.3 Å². The molecule has 8 heteroatoms. The maximum absolute atomic E-state index is 9.33. The van der Waals surface area contributed by atoms with Gasteiger partial charge in [0.1, 0.15) is 11.8 Å². The van der Waals surface area contributed by atoms with Crippen LogP contribution in [0.2, 0.25) is 0 Å². The van der Waals surface area contributed by atoms with Crippen molar-refractivity contribution in [2.75, 3.05) is 43.5 Å². The molecule has 1 aromatic carbocycles. The molecule has 3 rings (SSSR count). The molecule has 1 aliphatic heterocycles. The summed E-state index contributed by atoms with van der Waals surface area (Å²) in [4.78, 5) is 17.6. The number of nitrogens with zero attached hydrogens (tertiary/aromatic N) is 6. The number of para-hydroxylation sites is 2. The maximum atomic E-state index is 9.33. The van der Waals surface area contributed by atoms with E-state index in [0.717, 1.165) is 38.3 Å². The second-order valence-electron chi connectivity index (χ2n) is 6.33. The largest absolute Gasteiger partial charge is 0.495 e. The van der Waals surface area contributed by atoms with Crippen molar-refractivity contribution >= 4 is 17.6 Å². The second-order valence-corrected chi connectivity index (χ2v) is 6.33. The standard InChI is InChI=1S/C19H25N7O/c1-4-25(5-2)14-10-11-26(13-14)19-23-17(12-20)22-18(24-19)21-15-8-6-7-9-16(15)27-3/h6-9,14H,4-5,10-11,13H2,1-3H3,(H,21,22,23,24). The number of anilines is 3. The quantitative estimate of drug-likeness (QED) is 0.798. The molecule has 27 heavy (non-hydrogen) atoms. The molecule has 142 valence electrons. The average molecular weight is 367 g/mol. The smallest absolute Gasteiger partial charge is 0.238 e. The molecule has 0 radical (unpaired) electrons. The first-order chi connectivity index (χ1) is 13.2. The third-order valence-corrected chi connectivity index (χ3v) is 4.85. The predicted octanol–water partition coefficient (Wildman–Crippen LogP) is 2.42. The van der Waals surface area contributed by atoms with E-state index in [1.807, 2.05) is 30.3 Å². The molecule has 8 nitrogen and oxygen atoms in total. The van der Waals surface area contributed by atoms with Crippen LogP contribution in [-0.2, 0) is 0 Å². The highest BCUT2D eigenvalue weighted by molar-refractivity contribution is 5.63. The summed E-state index contributed by atoms with van der Waals surface area (Å²) in [5.74, 6) is 1.66. The molecule has 2 aromatic rings. The van der Waals surface area contributed by atoms with E-state index in [2.05, 4.69) is 43.9 Å².